The zero-order chi connectivity index (χ0) is 22.8. The quantitative estimate of drug-likeness (QED) is 0.733. The third-order valence-electron chi connectivity index (χ3n) is 6.27. The van der Waals surface area contributed by atoms with Gasteiger partial charge in [-0.2, -0.15) is 18.4 Å². The van der Waals surface area contributed by atoms with Crippen molar-refractivity contribution < 1.29 is 18.0 Å². The second kappa shape index (κ2) is 8.69. The number of benzene rings is 1. The van der Waals surface area contributed by atoms with Crippen molar-refractivity contribution in [2.45, 2.75) is 43.3 Å². The third kappa shape index (κ3) is 4.96. The summed E-state index contributed by atoms with van der Waals surface area (Å²) in [4.78, 5) is 18.8. The number of carbonyl (C=O) groups is 1. The van der Waals surface area contributed by atoms with Crippen molar-refractivity contribution in [2.75, 3.05) is 24.5 Å². The Kier molecular flexibility index (Phi) is 5.96. The minimum absolute atomic E-state index is 0.0216. The number of aromatic nitrogens is 1. The average molecular weight is 443 g/mol. The fourth-order valence-electron chi connectivity index (χ4n) is 4.12. The SMILES string of the molecule is N#Cc1ccc(N2CCC(NC(=O)NCC3(c4cccc(C(F)(F)F)c4)CC3)CC2)nc1. The lowest BCUT2D eigenvalue weighted by molar-refractivity contribution is -0.137. The molecule has 9 heteroatoms. The maximum Gasteiger partial charge on any atom is 0.416 e. The zero-order valence-corrected chi connectivity index (χ0v) is 17.5. The first-order chi connectivity index (χ1) is 15.3. The van der Waals surface area contributed by atoms with Crippen LogP contribution in [0.1, 0.15) is 42.4 Å². The summed E-state index contributed by atoms with van der Waals surface area (Å²) in [6, 6.07) is 10.7. The van der Waals surface area contributed by atoms with Crippen LogP contribution in [-0.2, 0) is 11.6 Å². The molecule has 6 nitrogen and oxygen atoms in total. The highest BCUT2D eigenvalue weighted by Crippen LogP contribution is 2.48. The molecule has 2 fully saturated rings. The largest absolute Gasteiger partial charge is 0.416 e. The third-order valence-corrected chi connectivity index (χ3v) is 6.27. The molecule has 2 aromatic rings. The van der Waals surface area contributed by atoms with Gasteiger partial charge in [0.1, 0.15) is 11.9 Å². The number of anilines is 1. The Balaban J connectivity index is 1.26. The highest BCUT2D eigenvalue weighted by Gasteiger charge is 2.45. The van der Waals surface area contributed by atoms with Crippen LogP contribution in [0.25, 0.3) is 0 Å². The highest BCUT2D eigenvalue weighted by molar-refractivity contribution is 5.74. The number of pyridine rings is 1. The molecule has 2 amide bonds. The molecule has 0 atom stereocenters. The molecule has 32 heavy (non-hydrogen) atoms. The van der Waals surface area contributed by atoms with Gasteiger partial charge in [-0.3, -0.25) is 0 Å². The van der Waals surface area contributed by atoms with Crippen molar-refractivity contribution in [3.05, 3.63) is 59.3 Å². The van der Waals surface area contributed by atoms with E-state index in [1.54, 1.807) is 18.3 Å². The first kappa shape index (κ1) is 21.9. The van der Waals surface area contributed by atoms with E-state index in [9.17, 15) is 18.0 Å². The zero-order valence-electron chi connectivity index (χ0n) is 17.5. The lowest BCUT2D eigenvalue weighted by atomic mass is 9.94. The van der Waals surface area contributed by atoms with Crippen molar-refractivity contribution in [3.63, 3.8) is 0 Å². The van der Waals surface area contributed by atoms with Crippen LogP contribution in [0, 0.1) is 11.3 Å². The van der Waals surface area contributed by atoms with Crippen LogP contribution in [0.15, 0.2) is 42.6 Å². The monoisotopic (exact) mass is 443 g/mol. The van der Waals surface area contributed by atoms with Gasteiger partial charge in [0.15, 0.2) is 0 Å². The highest BCUT2D eigenvalue weighted by atomic mass is 19.4. The molecule has 2 aliphatic rings. The standard InChI is InChI=1S/C23H24F3N5O/c24-23(25,26)18-3-1-2-17(12-18)22(8-9-22)15-29-21(32)30-19-6-10-31(11-7-19)20-5-4-16(13-27)14-28-20/h1-5,12,14,19H,6-11,15H2,(H2,29,30,32). The first-order valence-corrected chi connectivity index (χ1v) is 10.6. The molecule has 1 aliphatic heterocycles. The van der Waals surface area contributed by atoms with E-state index in [4.69, 9.17) is 5.26 Å². The molecule has 0 unspecified atom stereocenters. The Morgan fingerprint density at radius 3 is 2.56 bits per heavy atom. The molecule has 1 aromatic heterocycles. The Hall–Kier alpha value is -3.28. The van der Waals surface area contributed by atoms with Gasteiger partial charge in [0.2, 0.25) is 0 Å². The molecule has 1 saturated carbocycles. The summed E-state index contributed by atoms with van der Waals surface area (Å²) in [5.74, 6) is 0.809. The number of hydrogen-bond acceptors (Lipinski definition) is 4. The number of nitrogens with zero attached hydrogens (tertiary/aromatic N) is 3. The number of rotatable bonds is 5. The van der Waals surface area contributed by atoms with Gasteiger partial charge in [-0.15, -0.1) is 0 Å². The van der Waals surface area contributed by atoms with Gasteiger partial charge in [0, 0.05) is 37.3 Å². The number of nitriles is 1. The number of hydrogen-bond donors (Lipinski definition) is 2. The maximum absolute atomic E-state index is 13.0. The van der Waals surface area contributed by atoms with Crippen LogP contribution in [0.5, 0.6) is 0 Å². The number of nitrogens with one attached hydrogen (secondary N) is 2. The van der Waals surface area contributed by atoms with Crippen LogP contribution < -0.4 is 15.5 Å². The van der Waals surface area contributed by atoms with E-state index in [1.165, 1.54) is 12.1 Å². The molecule has 4 rings (SSSR count). The fourth-order valence-corrected chi connectivity index (χ4v) is 4.12. The van der Waals surface area contributed by atoms with Crippen molar-refractivity contribution in [3.8, 4) is 6.07 Å². The molecule has 1 saturated heterocycles. The van der Waals surface area contributed by atoms with E-state index in [0.29, 0.717) is 17.7 Å². The van der Waals surface area contributed by atoms with Crippen molar-refractivity contribution in [1.29, 1.82) is 5.26 Å². The molecule has 168 valence electrons. The summed E-state index contributed by atoms with van der Waals surface area (Å²) in [5.41, 5.74) is 0.0640. The number of amides is 2. The van der Waals surface area contributed by atoms with Gasteiger partial charge in [-0.25, -0.2) is 9.78 Å². The summed E-state index contributed by atoms with van der Waals surface area (Å²) >= 11 is 0. The molecular formula is C23H24F3N5O. The topological polar surface area (TPSA) is 81.0 Å². The van der Waals surface area contributed by atoms with Gasteiger partial charge in [0.05, 0.1) is 11.1 Å². The maximum atomic E-state index is 13.0. The Labute approximate surface area is 184 Å². The Bertz CT molecular complexity index is 1000. The second-order valence-corrected chi connectivity index (χ2v) is 8.46. The van der Waals surface area contributed by atoms with Gasteiger partial charge < -0.3 is 15.5 Å². The van der Waals surface area contributed by atoms with Crippen LogP contribution in [0.2, 0.25) is 0 Å². The lowest BCUT2D eigenvalue weighted by Crippen LogP contribution is -2.49. The van der Waals surface area contributed by atoms with E-state index < -0.39 is 17.2 Å². The summed E-state index contributed by atoms with van der Waals surface area (Å²) in [7, 11) is 0. The first-order valence-electron chi connectivity index (χ1n) is 10.6. The van der Waals surface area contributed by atoms with Gasteiger partial charge in [-0.05, 0) is 49.4 Å². The Morgan fingerprint density at radius 2 is 1.97 bits per heavy atom. The van der Waals surface area contributed by atoms with Gasteiger partial charge in [0.25, 0.3) is 0 Å². The molecule has 1 aliphatic carbocycles. The van der Waals surface area contributed by atoms with Crippen LogP contribution >= 0.6 is 0 Å². The summed E-state index contributed by atoms with van der Waals surface area (Å²) in [5, 5.41) is 14.7. The van der Waals surface area contributed by atoms with Crippen LogP contribution in [0.3, 0.4) is 0 Å². The Morgan fingerprint density at radius 1 is 1.22 bits per heavy atom. The lowest BCUT2D eigenvalue weighted by Gasteiger charge is -2.33. The predicted octanol–water partition coefficient (Wildman–Crippen LogP) is 3.97. The van der Waals surface area contributed by atoms with Gasteiger partial charge >= 0.3 is 12.2 Å². The normalized spacial score (nSPS) is 18.0. The molecule has 0 radical (unpaired) electrons. The van der Waals surface area contributed by atoms with E-state index in [0.717, 1.165) is 50.7 Å². The van der Waals surface area contributed by atoms with Crippen molar-refractivity contribution >= 4 is 11.8 Å². The number of piperidine rings is 1. The van der Waals surface area contributed by atoms with E-state index >= 15 is 0 Å². The molecule has 1 aromatic carbocycles. The van der Waals surface area contributed by atoms with E-state index in [2.05, 4.69) is 20.5 Å². The molecule has 2 heterocycles. The summed E-state index contributed by atoms with van der Waals surface area (Å²) < 4.78 is 39.1. The average Bonchev–Trinajstić information content (AvgIpc) is 3.59. The summed E-state index contributed by atoms with van der Waals surface area (Å²) in [6.07, 6.45) is 0.196. The minimum Gasteiger partial charge on any atom is -0.356 e. The van der Waals surface area contributed by atoms with Crippen molar-refractivity contribution in [2.24, 2.45) is 0 Å². The van der Waals surface area contributed by atoms with E-state index in [-0.39, 0.29) is 12.1 Å². The van der Waals surface area contributed by atoms with Crippen molar-refractivity contribution in [1.82, 2.24) is 15.6 Å². The number of alkyl halides is 3. The van der Waals surface area contributed by atoms with Crippen LogP contribution in [0.4, 0.5) is 23.8 Å². The number of halogens is 3. The number of carbonyl (C=O) groups excluding carboxylic acids is 1. The van der Waals surface area contributed by atoms with Crippen LogP contribution in [-0.4, -0.2) is 36.7 Å². The number of urea groups is 1. The van der Waals surface area contributed by atoms with Gasteiger partial charge in [-0.1, -0.05) is 18.2 Å². The van der Waals surface area contributed by atoms with E-state index in [1.807, 2.05) is 12.1 Å². The smallest absolute Gasteiger partial charge is 0.356 e. The second-order valence-electron chi connectivity index (χ2n) is 8.46. The fraction of sp³-hybridized carbons (Fsp3) is 0.435. The molecular weight excluding hydrogens is 419 g/mol. The molecule has 0 bridgehead atoms. The summed E-state index contributed by atoms with van der Waals surface area (Å²) in [6.45, 7) is 1.78. The molecule has 0 spiro atoms. The molecule has 2 N–H and O–H groups in total. The minimum atomic E-state index is -4.38. The predicted molar refractivity (Wildman–Crippen MR) is 113 cm³/mol.